The molecular weight excluding hydrogens is 1860 g/mol. The first-order valence-corrected chi connectivity index (χ1v) is 45.3. The molecule has 5 aliphatic heterocycles. The van der Waals surface area contributed by atoms with Gasteiger partial charge in [0.25, 0.3) is 16.6 Å². The minimum atomic E-state index is -3.09. The Bertz CT molecular complexity index is 4520. The Morgan fingerprint density at radius 2 is 1.12 bits per heavy atom. The van der Waals surface area contributed by atoms with Crippen molar-refractivity contribution in [1.82, 2.24) is 73.2 Å². The van der Waals surface area contributed by atoms with Crippen LogP contribution in [0.2, 0.25) is 0 Å². The van der Waals surface area contributed by atoms with Crippen molar-refractivity contribution in [2.24, 2.45) is 22.4 Å². The first kappa shape index (κ1) is 116. The van der Waals surface area contributed by atoms with Crippen LogP contribution >= 0.6 is 0 Å². The summed E-state index contributed by atoms with van der Waals surface area (Å²) < 4.78 is 45.1. The maximum absolute atomic E-state index is 15.0. The molecule has 6 rings (SSSR count). The second-order valence-electron chi connectivity index (χ2n) is 34.2. The fraction of sp³-hybridized carbons (Fsp3) is 0.735. The van der Waals surface area contributed by atoms with Crippen LogP contribution in [0.25, 0.3) is 0 Å². The number of rotatable bonds is 57. The lowest BCUT2D eigenvalue weighted by atomic mass is 9.88. The lowest BCUT2D eigenvalue weighted by Crippen LogP contribution is -2.69. The van der Waals surface area contributed by atoms with Crippen LogP contribution in [0.1, 0.15) is 133 Å². The molecule has 5 heterocycles. The number of amides is 14. The van der Waals surface area contributed by atoms with E-state index in [1.165, 1.54) is 20.8 Å². The van der Waals surface area contributed by atoms with Crippen molar-refractivity contribution in [2.45, 2.75) is 278 Å². The van der Waals surface area contributed by atoms with Gasteiger partial charge in [-0.15, -0.1) is 0 Å². The molecule has 56 heteroatoms. The highest BCUT2D eigenvalue weighted by atomic mass is 16.7. The van der Waals surface area contributed by atoms with Crippen LogP contribution in [0.4, 0.5) is 5.69 Å². The number of aliphatic imine (C=N–C) groups is 1. The summed E-state index contributed by atoms with van der Waals surface area (Å²) >= 11 is 0. The Kier molecular flexibility index (Phi) is 46.2. The highest BCUT2D eigenvalue weighted by molar-refractivity contribution is 6.01. The van der Waals surface area contributed by atoms with Gasteiger partial charge in [-0.3, -0.25) is 86.5 Å². The Morgan fingerprint density at radius 1 is 0.583 bits per heavy atom. The zero-order chi connectivity index (χ0) is 104. The van der Waals surface area contributed by atoms with Gasteiger partial charge in [-0.05, 0) is 91.9 Å². The molecule has 14 amide bonds. The molecule has 0 unspecified atom stereocenters. The molecule has 56 nitrogen and oxygen atoms in total. The van der Waals surface area contributed by atoms with Crippen LogP contribution in [0.5, 0.6) is 5.75 Å². The highest BCUT2D eigenvalue weighted by Gasteiger charge is 2.58. The normalized spacial score (nSPS) is 23.9. The van der Waals surface area contributed by atoms with E-state index in [-0.39, 0.29) is 148 Å². The summed E-state index contributed by atoms with van der Waals surface area (Å²) in [5.74, 6) is -24.0. The van der Waals surface area contributed by atoms with Crippen molar-refractivity contribution >= 4 is 112 Å². The molecule has 0 spiro atoms. The summed E-state index contributed by atoms with van der Waals surface area (Å²) in [6.07, 6.45) is -22.7. The molecule has 0 bridgehead atoms. The maximum Gasteiger partial charge on any atom is 0.364 e. The maximum atomic E-state index is 15.0. The number of aliphatic hydroxyl groups excluding tert-OH is 8. The number of likely N-dealkylation sites (tertiary alicyclic amines) is 3. The van der Waals surface area contributed by atoms with Crippen LogP contribution in [-0.4, -0.2) is 428 Å². The number of ether oxygens (including phenoxy) is 8. The van der Waals surface area contributed by atoms with Gasteiger partial charge < -0.3 is 184 Å². The SMILES string of the molecule is CCOc1c(NCCOCCOCCOCCC(=O)NCC(=O)N[C@H](C(=O)N[C@H](C(=O)N[C@@H](CO)C(=O)N[C@@H](C)C(=O)N2CCC[C@H]2C(=O)N[C@@H](CC(=O)O)C(=O)N[C@H](C(=O)N[C@@H](CCCN=C(N)N)C(=O)N2CCC[C@H]2C(=O)N[C@@H](C)C(=O)N2CCC[C@H]2C(=O)O)[C@@H](C)O)[C@@H](C)O[C@H]2O[C@H](CO[C@]3(C(=O)O)C[C@H](O)[C@@H](NC(C)=O)[C@H]([C@H](O)[C@H](O)CO)O3)[C@H](O)[C@H](O)[C@H]2NC(C)=O)C(C)C)c(=O)c1=O. The first-order valence-electron chi connectivity index (χ1n) is 45.3. The lowest BCUT2D eigenvalue weighted by Gasteiger charge is -2.48. The van der Waals surface area contributed by atoms with Crippen molar-refractivity contribution in [3.8, 4) is 5.75 Å². The number of nitrogens with one attached hydrogen (secondary N) is 12. The fourth-order valence-corrected chi connectivity index (χ4v) is 15.9. The summed E-state index contributed by atoms with van der Waals surface area (Å²) in [6, 6.07) is -22.1. The molecule has 5 aliphatic rings. The van der Waals surface area contributed by atoms with E-state index < -0.39 is 302 Å². The molecule has 5 fully saturated rings. The van der Waals surface area contributed by atoms with Crippen LogP contribution in [0, 0.1) is 5.92 Å². The van der Waals surface area contributed by atoms with Gasteiger partial charge in [0.2, 0.25) is 82.7 Å². The van der Waals surface area contributed by atoms with Crippen molar-refractivity contribution in [3.05, 3.63) is 20.4 Å². The molecule has 1 aromatic carbocycles. The van der Waals surface area contributed by atoms with Gasteiger partial charge in [-0.25, -0.2) is 9.59 Å². The van der Waals surface area contributed by atoms with Gasteiger partial charge in [0.05, 0.1) is 103 Å². The number of carbonyl (C=O) groups excluding carboxylic acids is 14. The Balaban J connectivity index is 1.17. The van der Waals surface area contributed by atoms with Crippen LogP contribution in [0.15, 0.2) is 14.6 Å². The third-order valence-electron chi connectivity index (χ3n) is 23.2. The predicted molar refractivity (Wildman–Crippen MR) is 473 cm³/mol. The summed E-state index contributed by atoms with van der Waals surface area (Å²) in [6.45, 7) is 7.11. The number of hydrogen-bond donors (Lipinski definition) is 25. The molecule has 0 aliphatic carbocycles. The summed E-state index contributed by atoms with van der Waals surface area (Å²) in [5.41, 5.74) is 9.69. The number of aliphatic hydroxyl groups is 8. The third kappa shape index (κ3) is 33.3. The second kappa shape index (κ2) is 55.4. The average molecular weight is 1990 g/mol. The van der Waals surface area contributed by atoms with E-state index in [0.717, 1.165) is 49.3 Å². The molecule has 0 radical (unpaired) electrons. The molecule has 782 valence electrons. The molecule has 139 heavy (non-hydrogen) atoms. The van der Waals surface area contributed by atoms with Crippen molar-refractivity contribution in [2.75, 3.05) is 111 Å². The first-order chi connectivity index (χ1) is 65.5. The van der Waals surface area contributed by atoms with Gasteiger partial charge in [-0.1, -0.05) is 13.8 Å². The van der Waals surface area contributed by atoms with Crippen molar-refractivity contribution < 1.29 is 176 Å². The molecule has 1 aromatic rings. The monoisotopic (exact) mass is 1990 g/mol. The van der Waals surface area contributed by atoms with E-state index in [9.17, 15) is 142 Å². The second-order valence-corrected chi connectivity index (χ2v) is 34.2. The van der Waals surface area contributed by atoms with Gasteiger partial charge in [0, 0.05) is 59.4 Å². The van der Waals surface area contributed by atoms with E-state index in [4.69, 9.17) is 49.4 Å². The Hall–Kier alpha value is -11.7. The highest BCUT2D eigenvalue weighted by Crippen LogP contribution is 2.36. The minimum absolute atomic E-state index is 0.00211. The smallest absolute Gasteiger partial charge is 0.364 e. The number of nitrogens with two attached hydrogens (primary N) is 2. The topological polar surface area (TPSA) is 839 Å². The number of aliphatic carboxylic acids is 3. The Morgan fingerprint density at radius 3 is 1.67 bits per heavy atom. The summed E-state index contributed by atoms with van der Waals surface area (Å²) in [7, 11) is 0. The quantitative estimate of drug-likeness (QED) is 0.0125. The van der Waals surface area contributed by atoms with Gasteiger partial charge >= 0.3 is 17.9 Å². The number of carboxylic acid groups (broad SMARTS) is 3. The fourth-order valence-electron chi connectivity index (χ4n) is 15.9. The number of carbonyl (C=O) groups is 17. The van der Waals surface area contributed by atoms with Gasteiger partial charge in [0.15, 0.2) is 18.0 Å². The zero-order valence-electron chi connectivity index (χ0n) is 78.3. The number of anilines is 1. The molecule has 27 N–H and O–H groups in total. The molecular formula is C83H132N18O38. The number of nitrogens with zero attached hydrogens (tertiary/aromatic N) is 4. The number of guanidine groups is 1. The lowest BCUT2D eigenvalue weighted by molar-refractivity contribution is -0.332. The predicted octanol–water partition coefficient (Wildman–Crippen LogP) is -13.3. The Labute approximate surface area is 795 Å². The minimum Gasteiger partial charge on any atom is -0.488 e. The summed E-state index contributed by atoms with van der Waals surface area (Å²) in [5, 5.41) is 146. The largest absolute Gasteiger partial charge is 0.488 e. The molecule has 5 saturated heterocycles. The van der Waals surface area contributed by atoms with Crippen LogP contribution < -0.4 is 90.9 Å². The molecule has 0 aromatic heterocycles. The third-order valence-corrected chi connectivity index (χ3v) is 23.2. The number of hydrogen-bond acceptors (Lipinski definition) is 37. The van der Waals surface area contributed by atoms with E-state index in [0.29, 0.717) is 6.42 Å². The zero-order valence-corrected chi connectivity index (χ0v) is 78.3. The van der Waals surface area contributed by atoms with Crippen LogP contribution in [0.3, 0.4) is 0 Å². The van der Waals surface area contributed by atoms with E-state index >= 15 is 4.79 Å². The van der Waals surface area contributed by atoms with E-state index in [1.54, 1.807) is 6.92 Å². The summed E-state index contributed by atoms with van der Waals surface area (Å²) in [4.78, 5) is 263. The molecule has 0 saturated carbocycles. The number of carboxylic acids is 3. The van der Waals surface area contributed by atoms with Crippen molar-refractivity contribution in [1.29, 1.82) is 0 Å². The van der Waals surface area contributed by atoms with Crippen molar-refractivity contribution in [3.63, 3.8) is 0 Å². The average Bonchev–Trinajstić information content (AvgIpc) is 1.37. The standard InChI is InChI=1S/C83H132N18O38/c1-10-135-67-60(64(115)66(67)117)86-21-26-133-28-30-134-29-27-132-25-19-53(109)88-33-54(110)96-56(37(2)3)73(122)98-58(41(7)137-80-61(92-43(9)106)65(116)63(114)52(138-80)36-136-83(81(130)131)32-50(107)59(91-42(8)105)68(139-83)62(113)51(108)35-103)75(124)95-46(34-102)70(119)89-38(4)76(125)99-22-12-17-48(99)72(121)94-45(31-55(111)112)69(118)97-57(40(6)104)74(123)93-44(15-11-20-87-82(84)85)78(127)100-23-13-16-47(100)71(120)90-39(5)77(126)101-24-14-18-49(101)79(128)129/h37-41,44-52,56-59,61-63,65,68,80,86,102-104,107-108,113-114,116H,10-36H2,1-9H3,(H,88,109)(H,89,119)(H,90,120)(H,91,105)(H,92,106)(H,93,123)(H,94,121)(H,95,124)(H,96,110)(H,97,118)(H,98,122)(H,111,112)(H,128,129)(H,130,131)(H4,84,85,87)/t38-,39-,40+,41+,44-,45-,46-,47-,48-,49-,50-,51+,52+,56-,57-,58-,59+,61+,62+,63-,65+,68+,80-,83+/m0/s1. The van der Waals surface area contributed by atoms with E-state index in [2.05, 4.69) is 68.8 Å². The van der Waals surface area contributed by atoms with E-state index in [1.807, 2.05) is 0 Å². The van der Waals surface area contributed by atoms with Gasteiger partial charge in [-0.2, -0.15) is 0 Å². The molecule has 24 atom stereocenters. The van der Waals surface area contributed by atoms with Gasteiger partial charge in [0.1, 0.15) is 115 Å². The van der Waals surface area contributed by atoms with Crippen LogP contribution in [-0.2, 0) is 115 Å².